The minimum Gasteiger partial charge on any atom is -0.357 e. The number of amidine groups is 1. The lowest BCUT2D eigenvalue weighted by Crippen LogP contribution is -2.49. The van der Waals surface area contributed by atoms with Crippen molar-refractivity contribution in [2.45, 2.75) is 24.5 Å². The van der Waals surface area contributed by atoms with Gasteiger partial charge in [0.2, 0.25) is 0 Å². The van der Waals surface area contributed by atoms with Gasteiger partial charge in [-0.2, -0.15) is 11.8 Å². The fraction of sp³-hybridized carbons (Fsp3) is 0.909. The number of hydrogen-bond donors (Lipinski definition) is 1. The molecule has 0 radical (unpaired) electrons. The highest BCUT2D eigenvalue weighted by Gasteiger charge is 2.25. The lowest BCUT2D eigenvalue weighted by Gasteiger charge is -2.37. The first-order valence-corrected chi connectivity index (χ1v) is 6.96. The van der Waals surface area contributed by atoms with Crippen molar-refractivity contribution >= 4 is 17.6 Å². The second kappa shape index (κ2) is 5.21. The largest absolute Gasteiger partial charge is 0.357 e. The summed E-state index contributed by atoms with van der Waals surface area (Å²) in [5, 5.41) is 8.72. The van der Waals surface area contributed by atoms with Crippen LogP contribution in [0.2, 0.25) is 0 Å². The Morgan fingerprint density at radius 3 is 2.53 bits per heavy atom. The van der Waals surface area contributed by atoms with Crippen LogP contribution in [0.1, 0.15) is 19.3 Å². The Morgan fingerprint density at radius 2 is 1.93 bits per heavy atom. The van der Waals surface area contributed by atoms with Gasteiger partial charge in [-0.15, -0.1) is 0 Å². The maximum absolute atomic E-state index is 8.23. The van der Waals surface area contributed by atoms with Gasteiger partial charge in [-0.05, 0) is 25.6 Å². The van der Waals surface area contributed by atoms with E-state index in [2.05, 4.69) is 16.8 Å². The van der Waals surface area contributed by atoms with E-state index in [1.54, 1.807) is 0 Å². The number of piperazine rings is 1. The van der Waals surface area contributed by atoms with E-state index < -0.39 is 0 Å². The highest BCUT2D eigenvalue weighted by atomic mass is 32.2. The summed E-state index contributed by atoms with van der Waals surface area (Å²) in [6.45, 7) is 4.32. The van der Waals surface area contributed by atoms with Crippen LogP contribution >= 0.6 is 11.8 Å². The molecule has 0 amide bonds. The minimum atomic E-state index is 0.488. The van der Waals surface area contributed by atoms with Gasteiger partial charge in [0.15, 0.2) is 0 Å². The first-order valence-electron chi connectivity index (χ1n) is 5.91. The molecule has 4 heteroatoms. The second-order valence-corrected chi connectivity index (χ2v) is 5.84. The molecule has 0 bridgehead atoms. The highest BCUT2D eigenvalue weighted by Crippen LogP contribution is 2.26. The molecule has 1 unspecified atom stereocenters. The van der Waals surface area contributed by atoms with E-state index in [4.69, 9.17) is 5.41 Å². The summed E-state index contributed by atoms with van der Waals surface area (Å²) in [4.78, 5) is 4.63. The third-order valence-corrected chi connectivity index (χ3v) is 4.71. The zero-order valence-electron chi connectivity index (χ0n) is 9.54. The molecule has 2 heterocycles. The standard InChI is InChI=1S/C11H21N3S/c1-13-5-7-14(8-6-13)11(12)10-4-2-3-9-15-10/h10,12H,2-9H2,1H3. The fourth-order valence-electron chi connectivity index (χ4n) is 2.21. The van der Waals surface area contributed by atoms with Crippen molar-refractivity contribution in [2.75, 3.05) is 39.0 Å². The first-order chi connectivity index (χ1) is 7.27. The van der Waals surface area contributed by atoms with Crippen LogP contribution in [-0.4, -0.2) is 59.9 Å². The van der Waals surface area contributed by atoms with Gasteiger partial charge in [0.05, 0.1) is 5.25 Å². The normalized spacial score (nSPS) is 29.1. The number of rotatable bonds is 1. The Balaban J connectivity index is 1.84. The molecule has 1 N–H and O–H groups in total. The predicted molar refractivity (Wildman–Crippen MR) is 66.9 cm³/mol. The molecular weight excluding hydrogens is 206 g/mol. The topological polar surface area (TPSA) is 30.3 Å². The van der Waals surface area contributed by atoms with Crippen LogP contribution in [0.3, 0.4) is 0 Å². The third kappa shape index (κ3) is 2.88. The number of thioether (sulfide) groups is 1. The number of nitrogens with zero attached hydrogens (tertiary/aromatic N) is 2. The van der Waals surface area contributed by atoms with Crippen molar-refractivity contribution in [2.24, 2.45) is 0 Å². The van der Waals surface area contributed by atoms with Crippen LogP contribution in [0.15, 0.2) is 0 Å². The summed E-state index contributed by atoms with van der Waals surface area (Å²) in [6, 6.07) is 0. The van der Waals surface area contributed by atoms with Crippen molar-refractivity contribution in [3.63, 3.8) is 0 Å². The summed E-state index contributed by atoms with van der Waals surface area (Å²) in [6.07, 6.45) is 3.88. The number of likely N-dealkylation sites (N-methyl/N-ethyl adjacent to an activating group) is 1. The van der Waals surface area contributed by atoms with Gasteiger partial charge in [0.1, 0.15) is 5.84 Å². The Morgan fingerprint density at radius 1 is 1.20 bits per heavy atom. The van der Waals surface area contributed by atoms with E-state index in [0.717, 1.165) is 32.0 Å². The average molecular weight is 227 g/mol. The van der Waals surface area contributed by atoms with Crippen molar-refractivity contribution in [1.29, 1.82) is 5.41 Å². The van der Waals surface area contributed by atoms with E-state index >= 15 is 0 Å². The minimum absolute atomic E-state index is 0.488. The molecule has 0 saturated carbocycles. The molecule has 15 heavy (non-hydrogen) atoms. The second-order valence-electron chi connectivity index (χ2n) is 4.53. The van der Waals surface area contributed by atoms with Crippen LogP contribution in [0.25, 0.3) is 0 Å². The molecule has 2 fully saturated rings. The molecule has 3 nitrogen and oxygen atoms in total. The van der Waals surface area contributed by atoms with Crippen molar-refractivity contribution < 1.29 is 0 Å². The Kier molecular flexibility index (Phi) is 3.92. The molecule has 2 aliphatic heterocycles. The summed E-state index contributed by atoms with van der Waals surface area (Å²) in [5.41, 5.74) is 0. The molecule has 0 aromatic carbocycles. The molecule has 0 aromatic rings. The third-order valence-electron chi connectivity index (χ3n) is 3.33. The molecule has 0 aliphatic carbocycles. The van der Waals surface area contributed by atoms with E-state index in [1.807, 2.05) is 11.8 Å². The van der Waals surface area contributed by atoms with E-state index in [0.29, 0.717) is 5.25 Å². The molecular formula is C11H21N3S. The quantitative estimate of drug-likeness (QED) is 0.544. The number of hydrogen-bond acceptors (Lipinski definition) is 3. The summed E-state index contributed by atoms with van der Waals surface area (Å²) >= 11 is 1.99. The average Bonchev–Trinajstić information content (AvgIpc) is 2.30. The fourth-order valence-corrected chi connectivity index (χ4v) is 3.50. The lowest BCUT2D eigenvalue weighted by atomic mass is 10.1. The van der Waals surface area contributed by atoms with Crippen LogP contribution < -0.4 is 0 Å². The summed E-state index contributed by atoms with van der Waals surface area (Å²) < 4.78 is 0. The van der Waals surface area contributed by atoms with Crippen molar-refractivity contribution in [3.05, 3.63) is 0 Å². The van der Waals surface area contributed by atoms with Crippen molar-refractivity contribution in [3.8, 4) is 0 Å². The summed E-state index contributed by atoms with van der Waals surface area (Å²) in [5.74, 6) is 2.15. The monoisotopic (exact) mass is 227 g/mol. The maximum atomic E-state index is 8.23. The predicted octanol–water partition coefficient (Wildman–Crippen LogP) is 1.50. The zero-order chi connectivity index (χ0) is 10.7. The number of nitrogens with one attached hydrogen (secondary N) is 1. The Labute approximate surface area is 96.7 Å². The van der Waals surface area contributed by atoms with Gasteiger partial charge in [0.25, 0.3) is 0 Å². The molecule has 0 aromatic heterocycles. The summed E-state index contributed by atoms with van der Waals surface area (Å²) in [7, 11) is 2.16. The molecule has 1 atom stereocenters. The zero-order valence-corrected chi connectivity index (χ0v) is 10.4. The maximum Gasteiger partial charge on any atom is 0.109 e. The van der Waals surface area contributed by atoms with E-state index in [9.17, 15) is 0 Å². The van der Waals surface area contributed by atoms with Gasteiger partial charge in [-0.1, -0.05) is 6.42 Å². The highest BCUT2D eigenvalue weighted by molar-refractivity contribution is 8.00. The van der Waals surface area contributed by atoms with Gasteiger partial charge < -0.3 is 9.80 Å². The molecule has 2 rings (SSSR count). The van der Waals surface area contributed by atoms with Gasteiger partial charge in [0, 0.05) is 26.2 Å². The molecule has 2 aliphatic rings. The van der Waals surface area contributed by atoms with Crippen molar-refractivity contribution in [1.82, 2.24) is 9.80 Å². The molecule has 2 saturated heterocycles. The molecule has 0 spiro atoms. The Hall–Kier alpha value is -0.220. The first kappa shape index (κ1) is 11.3. The van der Waals surface area contributed by atoms with Gasteiger partial charge >= 0.3 is 0 Å². The molecule has 86 valence electrons. The van der Waals surface area contributed by atoms with Gasteiger partial charge in [-0.3, -0.25) is 5.41 Å². The van der Waals surface area contributed by atoms with Crippen LogP contribution in [0.4, 0.5) is 0 Å². The van der Waals surface area contributed by atoms with Crippen LogP contribution in [0.5, 0.6) is 0 Å². The van der Waals surface area contributed by atoms with E-state index in [1.165, 1.54) is 25.0 Å². The van der Waals surface area contributed by atoms with Crippen LogP contribution in [0, 0.1) is 5.41 Å². The van der Waals surface area contributed by atoms with E-state index in [-0.39, 0.29) is 0 Å². The SMILES string of the molecule is CN1CCN(C(=N)C2CCCCS2)CC1. The Bertz CT molecular complexity index is 218. The smallest absolute Gasteiger partial charge is 0.109 e. The van der Waals surface area contributed by atoms with Crippen LogP contribution in [-0.2, 0) is 0 Å². The van der Waals surface area contributed by atoms with Gasteiger partial charge in [-0.25, -0.2) is 0 Å². The lowest BCUT2D eigenvalue weighted by molar-refractivity contribution is 0.212.